The van der Waals surface area contributed by atoms with Gasteiger partial charge in [0.25, 0.3) is 0 Å². The highest BCUT2D eigenvalue weighted by molar-refractivity contribution is 7.90. The van der Waals surface area contributed by atoms with E-state index in [0.29, 0.717) is 19.6 Å². The van der Waals surface area contributed by atoms with Crippen molar-refractivity contribution in [1.82, 2.24) is 10.0 Å². The van der Waals surface area contributed by atoms with Gasteiger partial charge in [0.2, 0.25) is 10.0 Å². The third-order valence-corrected chi connectivity index (χ3v) is 5.34. The van der Waals surface area contributed by atoms with E-state index < -0.39 is 15.6 Å². The Morgan fingerprint density at radius 2 is 2.31 bits per heavy atom. The molecule has 6 heteroatoms. The molecular formula is C10H20N2O3S. The number of rotatable bonds is 3. The smallest absolute Gasteiger partial charge is 0.216 e. The number of sulfonamides is 1. The predicted octanol–water partition coefficient (Wildman–Crippen LogP) is -0.163. The second-order valence-corrected chi connectivity index (χ2v) is 6.94. The summed E-state index contributed by atoms with van der Waals surface area (Å²) in [4.78, 5) is 0. The highest BCUT2D eigenvalue weighted by atomic mass is 32.2. The van der Waals surface area contributed by atoms with E-state index in [1.165, 1.54) is 0 Å². The standard InChI is InChI=1S/C10H20N2O3S/c1-10(4-2-6-15-8-10)12-16(13,14)9-3-5-11-7-9/h9,11-12H,2-8H2,1H3. The van der Waals surface area contributed by atoms with Crippen molar-refractivity contribution in [3.8, 4) is 0 Å². The fourth-order valence-electron chi connectivity index (χ4n) is 2.33. The third-order valence-electron chi connectivity index (χ3n) is 3.28. The average Bonchev–Trinajstić information content (AvgIpc) is 2.70. The first-order chi connectivity index (χ1) is 7.52. The fourth-order valence-corrected chi connectivity index (χ4v) is 4.11. The molecule has 0 amide bonds. The molecule has 0 aromatic carbocycles. The van der Waals surface area contributed by atoms with E-state index in [1.807, 2.05) is 6.92 Å². The van der Waals surface area contributed by atoms with Crippen LogP contribution in [0.15, 0.2) is 0 Å². The molecular weight excluding hydrogens is 228 g/mol. The molecule has 2 aliphatic rings. The molecule has 0 aliphatic carbocycles. The maximum Gasteiger partial charge on any atom is 0.216 e. The van der Waals surface area contributed by atoms with E-state index in [4.69, 9.17) is 4.74 Å². The van der Waals surface area contributed by atoms with Crippen LogP contribution in [-0.4, -0.2) is 45.5 Å². The molecule has 94 valence electrons. The molecule has 2 heterocycles. The lowest BCUT2D eigenvalue weighted by atomic mass is 9.97. The topological polar surface area (TPSA) is 67.4 Å². The first kappa shape index (κ1) is 12.3. The van der Waals surface area contributed by atoms with Crippen LogP contribution in [0.5, 0.6) is 0 Å². The van der Waals surface area contributed by atoms with Crippen LogP contribution in [0, 0.1) is 0 Å². The first-order valence-corrected chi connectivity index (χ1v) is 7.38. The van der Waals surface area contributed by atoms with Gasteiger partial charge in [0.05, 0.1) is 17.4 Å². The Morgan fingerprint density at radius 3 is 2.88 bits per heavy atom. The normalized spacial score (nSPS) is 36.4. The molecule has 0 spiro atoms. The summed E-state index contributed by atoms with van der Waals surface area (Å²) >= 11 is 0. The predicted molar refractivity (Wildman–Crippen MR) is 61.8 cm³/mol. The molecule has 2 aliphatic heterocycles. The molecule has 2 atom stereocenters. The monoisotopic (exact) mass is 248 g/mol. The zero-order valence-corrected chi connectivity index (χ0v) is 10.5. The van der Waals surface area contributed by atoms with Crippen LogP contribution in [-0.2, 0) is 14.8 Å². The van der Waals surface area contributed by atoms with Crippen molar-refractivity contribution in [3.63, 3.8) is 0 Å². The first-order valence-electron chi connectivity index (χ1n) is 5.83. The van der Waals surface area contributed by atoms with E-state index in [0.717, 1.165) is 26.0 Å². The molecule has 0 bridgehead atoms. The quantitative estimate of drug-likeness (QED) is 0.728. The Kier molecular flexibility index (Phi) is 3.53. The molecule has 16 heavy (non-hydrogen) atoms. The zero-order chi connectivity index (χ0) is 11.6. The Balaban J connectivity index is 2.01. The molecule has 5 nitrogen and oxygen atoms in total. The van der Waals surface area contributed by atoms with Gasteiger partial charge in [0.15, 0.2) is 0 Å². The lowest BCUT2D eigenvalue weighted by Crippen LogP contribution is -2.54. The SMILES string of the molecule is CC1(NS(=O)(=O)C2CCNC2)CCCOC1. The van der Waals surface area contributed by atoms with Gasteiger partial charge in [0, 0.05) is 13.2 Å². The van der Waals surface area contributed by atoms with Crippen molar-refractivity contribution >= 4 is 10.0 Å². The van der Waals surface area contributed by atoms with Crippen LogP contribution >= 0.6 is 0 Å². The highest BCUT2D eigenvalue weighted by Crippen LogP contribution is 2.21. The van der Waals surface area contributed by atoms with Crippen molar-refractivity contribution in [2.75, 3.05) is 26.3 Å². The van der Waals surface area contributed by atoms with E-state index >= 15 is 0 Å². The third kappa shape index (κ3) is 2.74. The Hall–Kier alpha value is -0.170. The summed E-state index contributed by atoms with van der Waals surface area (Å²) in [6.45, 7) is 4.49. The molecule has 0 saturated carbocycles. The van der Waals surface area contributed by atoms with Gasteiger partial charge in [-0.1, -0.05) is 0 Å². The molecule has 2 unspecified atom stereocenters. The minimum Gasteiger partial charge on any atom is -0.380 e. The van der Waals surface area contributed by atoms with Gasteiger partial charge in [-0.25, -0.2) is 13.1 Å². The molecule has 2 N–H and O–H groups in total. The number of nitrogens with one attached hydrogen (secondary N) is 2. The number of hydrogen-bond donors (Lipinski definition) is 2. The van der Waals surface area contributed by atoms with Gasteiger partial charge >= 0.3 is 0 Å². The lowest BCUT2D eigenvalue weighted by molar-refractivity contribution is 0.0385. The van der Waals surface area contributed by atoms with Crippen LogP contribution in [0.25, 0.3) is 0 Å². The van der Waals surface area contributed by atoms with Gasteiger partial charge in [-0.05, 0) is 32.7 Å². The second kappa shape index (κ2) is 4.60. The van der Waals surface area contributed by atoms with Crippen molar-refractivity contribution < 1.29 is 13.2 Å². The maximum absolute atomic E-state index is 12.1. The largest absolute Gasteiger partial charge is 0.380 e. The average molecular weight is 248 g/mol. The summed E-state index contributed by atoms with van der Waals surface area (Å²) in [5, 5.41) is 2.79. The Bertz CT molecular complexity index is 330. The summed E-state index contributed by atoms with van der Waals surface area (Å²) in [7, 11) is -3.21. The van der Waals surface area contributed by atoms with Crippen LogP contribution in [0.3, 0.4) is 0 Å². The second-order valence-electron chi connectivity index (χ2n) is 4.98. The molecule has 2 rings (SSSR count). The van der Waals surface area contributed by atoms with Crippen LogP contribution < -0.4 is 10.0 Å². The minimum absolute atomic E-state index is 0.286. The number of hydrogen-bond acceptors (Lipinski definition) is 4. The summed E-state index contributed by atoms with van der Waals surface area (Å²) in [6.07, 6.45) is 2.47. The van der Waals surface area contributed by atoms with E-state index in [9.17, 15) is 8.42 Å². The molecule has 2 saturated heterocycles. The van der Waals surface area contributed by atoms with Gasteiger partial charge < -0.3 is 10.1 Å². The highest BCUT2D eigenvalue weighted by Gasteiger charge is 2.37. The zero-order valence-electron chi connectivity index (χ0n) is 9.66. The van der Waals surface area contributed by atoms with Gasteiger partial charge in [0.1, 0.15) is 0 Å². The van der Waals surface area contributed by atoms with E-state index in [1.54, 1.807) is 0 Å². The Labute approximate surface area is 97.0 Å². The molecule has 2 fully saturated rings. The minimum atomic E-state index is -3.21. The summed E-state index contributed by atoms with van der Waals surface area (Å²) in [5.41, 5.74) is -0.417. The van der Waals surface area contributed by atoms with Gasteiger partial charge in [-0.15, -0.1) is 0 Å². The Morgan fingerprint density at radius 1 is 1.50 bits per heavy atom. The number of ether oxygens (including phenoxy) is 1. The van der Waals surface area contributed by atoms with Crippen molar-refractivity contribution in [3.05, 3.63) is 0 Å². The molecule has 0 radical (unpaired) electrons. The van der Waals surface area contributed by atoms with Crippen LogP contribution in [0.1, 0.15) is 26.2 Å². The summed E-state index contributed by atoms with van der Waals surface area (Å²) in [5.74, 6) is 0. The van der Waals surface area contributed by atoms with Gasteiger partial charge in [-0.3, -0.25) is 0 Å². The summed E-state index contributed by atoms with van der Waals surface area (Å²) < 4.78 is 32.4. The van der Waals surface area contributed by atoms with E-state index in [-0.39, 0.29) is 5.25 Å². The van der Waals surface area contributed by atoms with Gasteiger partial charge in [-0.2, -0.15) is 0 Å². The van der Waals surface area contributed by atoms with Crippen molar-refractivity contribution in [1.29, 1.82) is 0 Å². The maximum atomic E-state index is 12.1. The van der Waals surface area contributed by atoms with Crippen LogP contribution in [0.2, 0.25) is 0 Å². The fraction of sp³-hybridized carbons (Fsp3) is 1.00. The van der Waals surface area contributed by atoms with E-state index in [2.05, 4.69) is 10.0 Å². The van der Waals surface area contributed by atoms with Crippen LogP contribution in [0.4, 0.5) is 0 Å². The van der Waals surface area contributed by atoms with Crippen molar-refractivity contribution in [2.24, 2.45) is 0 Å². The molecule has 0 aromatic rings. The summed E-state index contributed by atoms with van der Waals surface area (Å²) in [6, 6.07) is 0. The lowest BCUT2D eigenvalue weighted by Gasteiger charge is -2.34. The molecule has 0 aromatic heterocycles. The van der Waals surface area contributed by atoms with Crippen molar-refractivity contribution in [2.45, 2.75) is 37.0 Å².